The van der Waals surface area contributed by atoms with E-state index in [9.17, 15) is 9.59 Å². The van der Waals surface area contributed by atoms with Crippen molar-refractivity contribution < 1.29 is 4.79 Å². The van der Waals surface area contributed by atoms with E-state index in [2.05, 4.69) is 10.3 Å². The quantitative estimate of drug-likeness (QED) is 0.527. The molecule has 4 rings (SSSR count). The zero-order chi connectivity index (χ0) is 22.0. The van der Waals surface area contributed by atoms with Crippen molar-refractivity contribution in [3.8, 4) is 0 Å². The minimum absolute atomic E-state index is 0.116. The Morgan fingerprint density at radius 1 is 1.00 bits per heavy atom. The summed E-state index contributed by atoms with van der Waals surface area (Å²) in [6.45, 7) is 3.83. The third-order valence-corrected chi connectivity index (χ3v) is 5.29. The second-order valence-electron chi connectivity index (χ2n) is 7.58. The normalized spacial score (nSPS) is 10.8. The molecule has 0 aliphatic rings. The highest BCUT2D eigenvalue weighted by molar-refractivity contribution is 5.95. The molecule has 4 aromatic rings. The number of nitrogens with zero attached hydrogens (tertiary/aromatic N) is 3. The lowest BCUT2D eigenvalue weighted by molar-refractivity contribution is -0.116. The zero-order valence-electron chi connectivity index (χ0n) is 17.8. The second-order valence-corrected chi connectivity index (χ2v) is 7.58. The number of fused-ring (bicyclic) bond motifs is 1. The Morgan fingerprint density at radius 2 is 1.71 bits per heavy atom. The summed E-state index contributed by atoms with van der Waals surface area (Å²) in [5, 5.41) is 3.70. The van der Waals surface area contributed by atoms with Gasteiger partial charge in [0.15, 0.2) is 0 Å². The molecule has 31 heavy (non-hydrogen) atoms. The number of carbonyl (C=O) groups is 1. The summed E-state index contributed by atoms with van der Waals surface area (Å²) >= 11 is 0. The summed E-state index contributed by atoms with van der Waals surface area (Å²) in [6.07, 6.45) is 0. The fourth-order valence-corrected chi connectivity index (χ4v) is 3.68. The standard InChI is InChI=1S/C25H24N4O2/c1-17-13-14-21(18(2)15-17)26-23(30)16-29-22-12-8-7-11-20(22)24(27-25(29)31)28(3)19-9-5-4-6-10-19/h4-15H,16H2,1-3H3,(H,26,30). The molecule has 0 unspecified atom stereocenters. The Bertz CT molecular complexity index is 1310. The number of aromatic nitrogens is 2. The highest BCUT2D eigenvalue weighted by Crippen LogP contribution is 2.27. The third-order valence-electron chi connectivity index (χ3n) is 5.29. The monoisotopic (exact) mass is 412 g/mol. The lowest BCUT2D eigenvalue weighted by Crippen LogP contribution is -2.31. The van der Waals surface area contributed by atoms with Crippen molar-refractivity contribution in [1.82, 2.24) is 9.55 Å². The van der Waals surface area contributed by atoms with Gasteiger partial charge in [-0.1, -0.05) is 48.0 Å². The maximum absolute atomic E-state index is 12.9. The van der Waals surface area contributed by atoms with Gasteiger partial charge in [0, 0.05) is 23.8 Å². The summed E-state index contributed by atoms with van der Waals surface area (Å²) in [5.41, 5.74) is 3.96. The molecule has 156 valence electrons. The molecule has 0 bridgehead atoms. The predicted octanol–water partition coefficient (Wildman–Crippen LogP) is 4.42. The molecule has 0 radical (unpaired) electrons. The molecule has 0 saturated heterocycles. The fraction of sp³-hybridized carbons (Fsp3) is 0.160. The van der Waals surface area contributed by atoms with Gasteiger partial charge in [-0.2, -0.15) is 4.98 Å². The summed E-state index contributed by atoms with van der Waals surface area (Å²) in [6, 6.07) is 23.1. The van der Waals surface area contributed by atoms with Crippen LogP contribution in [-0.4, -0.2) is 22.5 Å². The first-order valence-corrected chi connectivity index (χ1v) is 10.1. The number of benzene rings is 3. The highest BCUT2D eigenvalue weighted by atomic mass is 16.2. The van der Waals surface area contributed by atoms with E-state index >= 15 is 0 Å². The highest BCUT2D eigenvalue weighted by Gasteiger charge is 2.16. The third kappa shape index (κ3) is 4.19. The molecule has 0 aliphatic heterocycles. The van der Waals surface area contributed by atoms with E-state index in [1.165, 1.54) is 4.57 Å². The second kappa shape index (κ2) is 8.44. The van der Waals surface area contributed by atoms with Crippen LogP contribution in [-0.2, 0) is 11.3 Å². The van der Waals surface area contributed by atoms with Gasteiger partial charge in [0.1, 0.15) is 12.4 Å². The molecular formula is C25H24N4O2. The van der Waals surface area contributed by atoms with Crippen LogP contribution in [0.4, 0.5) is 17.2 Å². The number of nitrogens with one attached hydrogen (secondary N) is 1. The number of hydrogen-bond acceptors (Lipinski definition) is 4. The van der Waals surface area contributed by atoms with Crippen LogP contribution in [0.1, 0.15) is 11.1 Å². The van der Waals surface area contributed by atoms with Crippen molar-refractivity contribution in [1.29, 1.82) is 0 Å². The van der Waals surface area contributed by atoms with Crippen molar-refractivity contribution in [3.05, 3.63) is 94.4 Å². The Hall–Kier alpha value is -3.93. The van der Waals surface area contributed by atoms with E-state index in [1.807, 2.05) is 98.6 Å². The Kier molecular flexibility index (Phi) is 5.54. The number of aryl methyl sites for hydroxylation is 2. The summed E-state index contributed by atoms with van der Waals surface area (Å²) in [5.74, 6) is 0.281. The maximum atomic E-state index is 12.9. The molecular weight excluding hydrogens is 388 g/mol. The number of carbonyl (C=O) groups excluding carboxylic acids is 1. The fourth-order valence-electron chi connectivity index (χ4n) is 3.68. The van der Waals surface area contributed by atoms with Crippen molar-refractivity contribution in [3.63, 3.8) is 0 Å². The van der Waals surface area contributed by atoms with Gasteiger partial charge in [-0.3, -0.25) is 9.36 Å². The van der Waals surface area contributed by atoms with E-state index in [0.29, 0.717) is 11.3 Å². The van der Waals surface area contributed by atoms with E-state index < -0.39 is 5.69 Å². The van der Waals surface area contributed by atoms with Gasteiger partial charge in [-0.05, 0) is 49.7 Å². The Labute approximate surface area is 180 Å². The molecule has 6 heteroatoms. The molecule has 0 atom stereocenters. The number of rotatable bonds is 5. The van der Waals surface area contributed by atoms with E-state index in [0.717, 1.165) is 27.9 Å². The Balaban J connectivity index is 1.70. The first-order chi connectivity index (χ1) is 14.9. The molecule has 1 aromatic heterocycles. The van der Waals surface area contributed by atoms with Crippen LogP contribution in [0, 0.1) is 13.8 Å². The van der Waals surface area contributed by atoms with Crippen LogP contribution in [0.15, 0.2) is 77.6 Å². The van der Waals surface area contributed by atoms with Gasteiger partial charge in [0.25, 0.3) is 0 Å². The molecule has 1 N–H and O–H groups in total. The molecule has 0 aliphatic carbocycles. The van der Waals surface area contributed by atoms with Crippen molar-refractivity contribution in [2.75, 3.05) is 17.3 Å². The summed E-state index contributed by atoms with van der Waals surface area (Å²) < 4.78 is 1.41. The largest absolute Gasteiger partial charge is 0.350 e. The molecule has 6 nitrogen and oxygen atoms in total. The number of para-hydroxylation sites is 2. The van der Waals surface area contributed by atoms with Crippen LogP contribution in [0.5, 0.6) is 0 Å². The predicted molar refractivity (Wildman–Crippen MR) is 125 cm³/mol. The SMILES string of the molecule is Cc1ccc(NC(=O)Cn2c(=O)nc(N(C)c3ccccc3)c3ccccc32)c(C)c1. The van der Waals surface area contributed by atoms with Crippen molar-refractivity contribution in [2.24, 2.45) is 0 Å². The molecule has 0 fully saturated rings. The minimum atomic E-state index is -0.466. The maximum Gasteiger partial charge on any atom is 0.350 e. The van der Waals surface area contributed by atoms with Gasteiger partial charge in [-0.25, -0.2) is 4.79 Å². The minimum Gasteiger partial charge on any atom is -0.329 e. The molecule has 0 saturated carbocycles. The van der Waals surface area contributed by atoms with Gasteiger partial charge in [-0.15, -0.1) is 0 Å². The molecule has 1 heterocycles. The van der Waals surface area contributed by atoms with Crippen molar-refractivity contribution >= 4 is 34.0 Å². The molecule has 3 aromatic carbocycles. The lowest BCUT2D eigenvalue weighted by atomic mass is 10.1. The first kappa shape index (κ1) is 20.3. The van der Waals surface area contributed by atoms with Gasteiger partial charge in [0.05, 0.1) is 5.52 Å². The van der Waals surface area contributed by atoms with Gasteiger partial charge >= 0.3 is 5.69 Å². The lowest BCUT2D eigenvalue weighted by Gasteiger charge is -2.21. The van der Waals surface area contributed by atoms with Gasteiger partial charge < -0.3 is 10.2 Å². The van der Waals surface area contributed by atoms with Crippen molar-refractivity contribution in [2.45, 2.75) is 20.4 Å². The van der Waals surface area contributed by atoms with Crippen LogP contribution in [0.3, 0.4) is 0 Å². The van der Waals surface area contributed by atoms with Crippen LogP contribution >= 0.6 is 0 Å². The van der Waals surface area contributed by atoms with E-state index in [4.69, 9.17) is 0 Å². The van der Waals surface area contributed by atoms with E-state index in [1.54, 1.807) is 0 Å². The van der Waals surface area contributed by atoms with Crippen LogP contribution in [0.2, 0.25) is 0 Å². The average molecular weight is 412 g/mol. The smallest absolute Gasteiger partial charge is 0.329 e. The van der Waals surface area contributed by atoms with E-state index in [-0.39, 0.29) is 12.5 Å². The molecule has 1 amide bonds. The molecule has 0 spiro atoms. The topological polar surface area (TPSA) is 67.2 Å². The van der Waals surface area contributed by atoms with Crippen LogP contribution < -0.4 is 15.9 Å². The number of anilines is 3. The number of hydrogen-bond donors (Lipinski definition) is 1. The van der Waals surface area contributed by atoms with Crippen LogP contribution in [0.25, 0.3) is 10.9 Å². The van der Waals surface area contributed by atoms with Gasteiger partial charge in [0.2, 0.25) is 5.91 Å². The Morgan fingerprint density at radius 3 is 2.45 bits per heavy atom. The number of amides is 1. The summed E-state index contributed by atoms with van der Waals surface area (Å²) in [7, 11) is 1.88. The summed E-state index contributed by atoms with van der Waals surface area (Å²) in [4.78, 5) is 31.9. The first-order valence-electron chi connectivity index (χ1n) is 10.1. The average Bonchev–Trinajstić information content (AvgIpc) is 2.77. The zero-order valence-corrected chi connectivity index (χ0v) is 17.8.